The van der Waals surface area contributed by atoms with Crippen molar-refractivity contribution in [1.29, 1.82) is 0 Å². The molecule has 0 aliphatic heterocycles. The van der Waals surface area contributed by atoms with Crippen LogP contribution in [0.15, 0.2) is 22.7 Å². The van der Waals surface area contributed by atoms with Crippen molar-refractivity contribution in [2.24, 2.45) is 0 Å². The van der Waals surface area contributed by atoms with Crippen molar-refractivity contribution < 1.29 is 9.13 Å². The van der Waals surface area contributed by atoms with Gasteiger partial charge in [0.15, 0.2) is 0 Å². The summed E-state index contributed by atoms with van der Waals surface area (Å²) in [6.07, 6.45) is 3.55. The molecular weight excluding hydrogens is 273 g/mol. The van der Waals surface area contributed by atoms with Crippen LogP contribution in [0.4, 0.5) is 4.39 Å². The second-order valence-electron chi connectivity index (χ2n) is 4.01. The summed E-state index contributed by atoms with van der Waals surface area (Å²) in [5.74, 6) is 0.306. The minimum Gasteiger partial charge on any atom is -0.492 e. The third-order valence-corrected chi connectivity index (χ3v) is 3.14. The Labute approximate surface area is 103 Å². The van der Waals surface area contributed by atoms with Gasteiger partial charge in [0.25, 0.3) is 0 Å². The van der Waals surface area contributed by atoms with E-state index in [2.05, 4.69) is 21.2 Å². The quantitative estimate of drug-likeness (QED) is 0.812. The molecule has 0 atom stereocenters. The highest BCUT2D eigenvalue weighted by Crippen LogP contribution is 2.25. The highest BCUT2D eigenvalue weighted by molar-refractivity contribution is 9.10. The molecule has 1 saturated carbocycles. The predicted octanol–water partition coefficient (Wildman–Crippen LogP) is 3.11. The molecule has 2 rings (SSSR count). The number of hydrogen-bond acceptors (Lipinski definition) is 2. The van der Waals surface area contributed by atoms with Crippen LogP contribution in [-0.2, 0) is 0 Å². The third-order valence-electron chi connectivity index (χ3n) is 2.48. The maximum atomic E-state index is 12.9. The van der Waals surface area contributed by atoms with E-state index in [1.54, 1.807) is 6.07 Å². The van der Waals surface area contributed by atoms with E-state index in [9.17, 15) is 4.39 Å². The van der Waals surface area contributed by atoms with Gasteiger partial charge in [-0.05, 0) is 53.9 Å². The molecule has 1 aromatic carbocycles. The second-order valence-corrected chi connectivity index (χ2v) is 4.86. The summed E-state index contributed by atoms with van der Waals surface area (Å²) >= 11 is 3.33. The Kier molecular flexibility index (Phi) is 4.18. The molecule has 0 heterocycles. The molecule has 0 saturated heterocycles. The van der Waals surface area contributed by atoms with Crippen molar-refractivity contribution in [2.45, 2.75) is 25.3 Å². The van der Waals surface area contributed by atoms with Gasteiger partial charge in [0.1, 0.15) is 11.6 Å². The average Bonchev–Trinajstić information content (AvgIpc) is 3.06. The monoisotopic (exact) mass is 287 g/mol. The molecule has 1 fully saturated rings. The summed E-state index contributed by atoms with van der Waals surface area (Å²) in [4.78, 5) is 0. The standard InChI is InChI=1S/C12H15BrFNO/c13-11-5-2-9(14)8-12(11)16-7-1-6-15-10-3-4-10/h2,5,8,10,15H,1,3-4,6-7H2. The molecule has 16 heavy (non-hydrogen) atoms. The topological polar surface area (TPSA) is 21.3 Å². The normalized spacial score (nSPS) is 15.1. The summed E-state index contributed by atoms with van der Waals surface area (Å²) in [6.45, 7) is 1.58. The lowest BCUT2D eigenvalue weighted by atomic mass is 10.3. The minimum atomic E-state index is -0.269. The minimum absolute atomic E-state index is 0.269. The fourth-order valence-electron chi connectivity index (χ4n) is 1.44. The van der Waals surface area contributed by atoms with Gasteiger partial charge in [-0.25, -0.2) is 4.39 Å². The predicted molar refractivity (Wildman–Crippen MR) is 65.2 cm³/mol. The molecular formula is C12H15BrFNO. The van der Waals surface area contributed by atoms with E-state index in [0.717, 1.165) is 23.5 Å². The summed E-state index contributed by atoms with van der Waals surface area (Å²) in [6, 6.07) is 5.21. The van der Waals surface area contributed by atoms with Crippen LogP contribution in [0.5, 0.6) is 5.75 Å². The first kappa shape index (κ1) is 11.9. The third kappa shape index (κ3) is 3.76. The Morgan fingerprint density at radius 3 is 3.00 bits per heavy atom. The zero-order valence-electron chi connectivity index (χ0n) is 9.01. The van der Waals surface area contributed by atoms with Crippen LogP contribution in [0.2, 0.25) is 0 Å². The van der Waals surface area contributed by atoms with Crippen molar-refractivity contribution in [3.8, 4) is 5.75 Å². The van der Waals surface area contributed by atoms with Gasteiger partial charge in [0, 0.05) is 12.1 Å². The smallest absolute Gasteiger partial charge is 0.136 e. The molecule has 1 N–H and O–H groups in total. The molecule has 0 bridgehead atoms. The number of ether oxygens (including phenoxy) is 1. The molecule has 0 unspecified atom stereocenters. The Balaban J connectivity index is 1.69. The van der Waals surface area contributed by atoms with Crippen molar-refractivity contribution in [2.75, 3.05) is 13.2 Å². The van der Waals surface area contributed by atoms with Crippen LogP contribution < -0.4 is 10.1 Å². The number of halogens is 2. The van der Waals surface area contributed by atoms with Gasteiger partial charge in [0.2, 0.25) is 0 Å². The van der Waals surface area contributed by atoms with Crippen LogP contribution in [0.3, 0.4) is 0 Å². The Morgan fingerprint density at radius 2 is 2.25 bits per heavy atom. The molecule has 0 spiro atoms. The van der Waals surface area contributed by atoms with Crippen LogP contribution in [0.25, 0.3) is 0 Å². The number of benzene rings is 1. The molecule has 0 amide bonds. The van der Waals surface area contributed by atoms with Crippen molar-refractivity contribution in [3.63, 3.8) is 0 Å². The summed E-state index contributed by atoms with van der Waals surface area (Å²) in [7, 11) is 0. The van der Waals surface area contributed by atoms with Crippen LogP contribution >= 0.6 is 15.9 Å². The Morgan fingerprint density at radius 1 is 1.44 bits per heavy atom. The van der Waals surface area contributed by atoms with Gasteiger partial charge < -0.3 is 10.1 Å². The molecule has 1 aliphatic carbocycles. The highest BCUT2D eigenvalue weighted by Gasteiger charge is 2.19. The maximum absolute atomic E-state index is 12.9. The van der Waals surface area contributed by atoms with Gasteiger partial charge in [-0.3, -0.25) is 0 Å². The second kappa shape index (κ2) is 5.64. The zero-order valence-corrected chi connectivity index (χ0v) is 10.6. The van der Waals surface area contributed by atoms with Crippen molar-refractivity contribution in [3.05, 3.63) is 28.5 Å². The van der Waals surface area contributed by atoms with Crippen LogP contribution in [0.1, 0.15) is 19.3 Å². The molecule has 1 aromatic rings. The fourth-order valence-corrected chi connectivity index (χ4v) is 1.80. The van der Waals surface area contributed by atoms with Crippen molar-refractivity contribution in [1.82, 2.24) is 5.32 Å². The summed E-state index contributed by atoms with van der Waals surface area (Å²) < 4.78 is 19.2. The van der Waals surface area contributed by atoms with Crippen LogP contribution in [0, 0.1) is 5.82 Å². The zero-order chi connectivity index (χ0) is 11.4. The lowest BCUT2D eigenvalue weighted by Crippen LogP contribution is -2.19. The lowest BCUT2D eigenvalue weighted by molar-refractivity contribution is 0.304. The summed E-state index contributed by atoms with van der Waals surface area (Å²) in [5, 5.41) is 3.40. The Hall–Kier alpha value is -0.610. The van der Waals surface area contributed by atoms with E-state index in [1.165, 1.54) is 25.0 Å². The number of nitrogens with one attached hydrogen (secondary N) is 1. The number of hydrogen-bond donors (Lipinski definition) is 1. The van der Waals surface area contributed by atoms with E-state index in [0.29, 0.717) is 12.4 Å². The van der Waals surface area contributed by atoms with Gasteiger partial charge in [0.05, 0.1) is 11.1 Å². The first-order valence-electron chi connectivity index (χ1n) is 5.57. The first-order chi connectivity index (χ1) is 7.75. The van der Waals surface area contributed by atoms with Gasteiger partial charge in [-0.15, -0.1) is 0 Å². The van der Waals surface area contributed by atoms with E-state index >= 15 is 0 Å². The highest BCUT2D eigenvalue weighted by atomic mass is 79.9. The lowest BCUT2D eigenvalue weighted by Gasteiger charge is -2.08. The molecule has 0 aromatic heterocycles. The Bertz CT molecular complexity index is 355. The average molecular weight is 288 g/mol. The van der Waals surface area contributed by atoms with Crippen LogP contribution in [-0.4, -0.2) is 19.2 Å². The van der Waals surface area contributed by atoms with E-state index in [-0.39, 0.29) is 5.82 Å². The van der Waals surface area contributed by atoms with Gasteiger partial charge >= 0.3 is 0 Å². The fraction of sp³-hybridized carbons (Fsp3) is 0.500. The van der Waals surface area contributed by atoms with Gasteiger partial charge in [-0.2, -0.15) is 0 Å². The first-order valence-corrected chi connectivity index (χ1v) is 6.36. The molecule has 1 aliphatic rings. The van der Waals surface area contributed by atoms with E-state index in [4.69, 9.17) is 4.74 Å². The number of rotatable bonds is 6. The van der Waals surface area contributed by atoms with Gasteiger partial charge in [-0.1, -0.05) is 0 Å². The maximum Gasteiger partial charge on any atom is 0.136 e. The molecule has 88 valence electrons. The SMILES string of the molecule is Fc1ccc(Br)c(OCCCNC2CC2)c1. The van der Waals surface area contributed by atoms with E-state index < -0.39 is 0 Å². The summed E-state index contributed by atoms with van der Waals surface area (Å²) in [5.41, 5.74) is 0. The van der Waals surface area contributed by atoms with E-state index in [1.807, 2.05) is 0 Å². The molecule has 2 nitrogen and oxygen atoms in total. The molecule has 4 heteroatoms. The molecule has 0 radical (unpaired) electrons. The van der Waals surface area contributed by atoms with Crippen molar-refractivity contribution >= 4 is 15.9 Å². The largest absolute Gasteiger partial charge is 0.492 e.